The fourth-order valence-corrected chi connectivity index (χ4v) is 1.42. The second-order valence-electron chi connectivity index (χ2n) is 4.32. The van der Waals surface area contributed by atoms with Gasteiger partial charge in [-0.1, -0.05) is 26.0 Å². The summed E-state index contributed by atoms with van der Waals surface area (Å²) < 4.78 is 36.9. The summed E-state index contributed by atoms with van der Waals surface area (Å²) in [7, 11) is 0. The highest BCUT2D eigenvalue weighted by Crippen LogP contribution is 2.29. The molecule has 0 radical (unpaired) electrons. The van der Waals surface area contributed by atoms with Gasteiger partial charge in [-0.05, 0) is 24.1 Å². The van der Waals surface area contributed by atoms with Crippen LogP contribution in [0.5, 0.6) is 0 Å². The van der Waals surface area contributed by atoms with E-state index >= 15 is 0 Å². The van der Waals surface area contributed by atoms with Gasteiger partial charge in [0.2, 0.25) is 0 Å². The minimum absolute atomic E-state index is 0.0237. The Kier molecular flexibility index (Phi) is 4.32. The number of carbonyl (C=O) groups is 1. The highest BCUT2D eigenvalue weighted by Gasteiger charge is 2.29. The molecule has 0 aliphatic heterocycles. The van der Waals surface area contributed by atoms with Crippen molar-refractivity contribution in [1.29, 1.82) is 0 Å². The molecule has 0 atom stereocenters. The van der Waals surface area contributed by atoms with Crippen LogP contribution in [-0.4, -0.2) is 5.78 Å². The molecule has 0 saturated heterocycles. The third-order valence-electron chi connectivity index (χ3n) is 2.59. The first-order chi connectivity index (χ1) is 7.80. The average Bonchev–Trinajstić information content (AvgIpc) is 2.25. The molecule has 1 aromatic carbocycles. The Hall–Kier alpha value is -1.32. The second-order valence-corrected chi connectivity index (χ2v) is 4.32. The lowest BCUT2D eigenvalue weighted by molar-refractivity contribution is -0.137. The van der Waals surface area contributed by atoms with Crippen molar-refractivity contribution < 1.29 is 18.0 Å². The fourth-order valence-electron chi connectivity index (χ4n) is 1.42. The lowest BCUT2D eigenvalue weighted by Gasteiger charge is -2.08. The molecule has 1 rings (SSSR count). The molecule has 0 spiro atoms. The lowest BCUT2D eigenvalue weighted by atomic mass is 10.0. The van der Waals surface area contributed by atoms with Gasteiger partial charge in [-0.15, -0.1) is 0 Å². The standard InChI is InChI=1S/C13H15F3O/c1-9(2)12(17)8-5-10-3-6-11(7-4-10)13(14,15)16/h3-4,6-7,9H,5,8H2,1-2H3. The van der Waals surface area contributed by atoms with E-state index in [1.54, 1.807) is 0 Å². The number of aryl methyl sites for hydroxylation is 1. The SMILES string of the molecule is CC(C)C(=O)CCc1ccc(C(F)(F)F)cc1. The summed E-state index contributed by atoms with van der Waals surface area (Å²) in [4.78, 5) is 11.4. The highest BCUT2D eigenvalue weighted by molar-refractivity contribution is 5.80. The molecule has 17 heavy (non-hydrogen) atoms. The summed E-state index contributed by atoms with van der Waals surface area (Å²) in [5, 5.41) is 0. The smallest absolute Gasteiger partial charge is 0.299 e. The Morgan fingerprint density at radius 2 is 1.71 bits per heavy atom. The predicted molar refractivity (Wildman–Crippen MR) is 59.6 cm³/mol. The summed E-state index contributed by atoms with van der Waals surface area (Å²) in [6.07, 6.45) is -3.43. The van der Waals surface area contributed by atoms with E-state index in [-0.39, 0.29) is 11.7 Å². The van der Waals surface area contributed by atoms with E-state index in [1.165, 1.54) is 12.1 Å². The maximum Gasteiger partial charge on any atom is 0.416 e. The van der Waals surface area contributed by atoms with Crippen molar-refractivity contribution in [3.63, 3.8) is 0 Å². The first kappa shape index (κ1) is 13.7. The molecule has 0 unspecified atom stereocenters. The van der Waals surface area contributed by atoms with Gasteiger partial charge >= 0.3 is 6.18 Å². The Morgan fingerprint density at radius 3 is 2.12 bits per heavy atom. The molecule has 94 valence electrons. The Bertz CT molecular complexity index is 377. The summed E-state index contributed by atoms with van der Waals surface area (Å²) in [5.41, 5.74) is 0.100. The minimum Gasteiger partial charge on any atom is -0.299 e. The molecule has 0 N–H and O–H groups in total. The number of hydrogen-bond acceptors (Lipinski definition) is 1. The average molecular weight is 244 g/mol. The molecule has 1 nitrogen and oxygen atoms in total. The largest absolute Gasteiger partial charge is 0.416 e. The third kappa shape index (κ3) is 4.21. The molecular formula is C13H15F3O. The van der Waals surface area contributed by atoms with Crippen LogP contribution in [0.2, 0.25) is 0 Å². The minimum atomic E-state index is -4.30. The van der Waals surface area contributed by atoms with Crippen LogP contribution >= 0.6 is 0 Å². The van der Waals surface area contributed by atoms with Crippen molar-refractivity contribution >= 4 is 5.78 Å². The van der Waals surface area contributed by atoms with E-state index in [2.05, 4.69) is 0 Å². The van der Waals surface area contributed by atoms with Crippen molar-refractivity contribution in [1.82, 2.24) is 0 Å². The molecule has 0 aliphatic carbocycles. The van der Waals surface area contributed by atoms with Gasteiger partial charge in [0.15, 0.2) is 0 Å². The van der Waals surface area contributed by atoms with Crippen molar-refractivity contribution in [2.45, 2.75) is 32.9 Å². The number of hydrogen-bond donors (Lipinski definition) is 0. The maximum absolute atomic E-state index is 12.3. The zero-order valence-corrected chi connectivity index (χ0v) is 9.84. The molecular weight excluding hydrogens is 229 g/mol. The van der Waals surface area contributed by atoms with Gasteiger partial charge in [-0.3, -0.25) is 4.79 Å². The first-order valence-corrected chi connectivity index (χ1v) is 5.49. The van der Waals surface area contributed by atoms with Gasteiger partial charge in [0.05, 0.1) is 5.56 Å². The van der Waals surface area contributed by atoms with E-state index < -0.39 is 11.7 Å². The molecule has 0 fully saturated rings. The third-order valence-corrected chi connectivity index (χ3v) is 2.59. The van der Waals surface area contributed by atoms with Crippen molar-refractivity contribution in [3.8, 4) is 0 Å². The zero-order chi connectivity index (χ0) is 13.1. The van der Waals surface area contributed by atoms with Crippen LogP contribution in [-0.2, 0) is 17.4 Å². The van der Waals surface area contributed by atoms with Gasteiger partial charge in [-0.25, -0.2) is 0 Å². The molecule has 1 aromatic rings. The van der Waals surface area contributed by atoms with Crippen LogP contribution in [0.4, 0.5) is 13.2 Å². The predicted octanol–water partition coefficient (Wildman–Crippen LogP) is 3.86. The Labute approximate surface area is 98.6 Å². The lowest BCUT2D eigenvalue weighted by Crippen LogP contribution is -2.08. The van der Waals surface area contributed by atoms with Gasteiger partial charge < -0.3 is 0 Å². The zero-order valence-electron chi connectivity index (χ0n) is 9.84. The fraction of sp³-hybridized carbons (Fsp3) is 0.462. The molecule has 0 heterocycles. The monoisotopic (exact) mass is 244 g/mol. The van der Waals surface area contributed by atoms with Crippen LogP contribution < -0.4 is 0 Å². The van der Waals surface area contributed by atoms with Gasteiger partial charge in [0.25, 0.3) is 0 Å². The van der Waals surface area contributed by atoms with Gasteiger partial charge in [-0.2, -0.15) is 13.2 Å². The van der Waals surface area contributed by atoms with Gasteiger partial charge in [0.1, 0.15) is 5.78 Å². The van der Waals surface area contributed by atoms with Crippen LogP contribution in [0.1, 0.15) is 31.4 Å². The van der Waals surface area contributed by atoms with Crippen molar-refractivity contribution in [2.24, 2.45) is 5.92 Å². The number of carbonyl (C=O) groups excluding carboxylic acids is 1. The van der Waals surface area contributed by atoms with Crippen LogP contribution in [0.3, 0.4) is 0 Å². The molecule has 4 heteroatoms. The Balaban J connectivity index is 2.61. The van der Waals surface area contributed by atoms with Crippen LogP contribution in [0.15, 0.2) is 24.3 Å². The molecule has 0 saturated carbocycles. The number of alkyl halides is 3. The summed E-state index contributed by atoms with van der Waals surface area (Å²) >= 11 is 0. The van der Waals surface area contributed by atoms with E-state index in [9.17, 15) is 18.0 Å². The maximum atomic E-state index is 12.3. The van der Waals surface area contributed by atoms with Crippen molar-refractivity contribution in [2.75, 3.05) is 0 Å². The number of Topliss-reactive ketones (excluding diaryl/α,β-unsaturated/α-hetero) is 1. The summed E-state index contributed by atoms with van der Waals surface area (Å²) in [6, 6.07) is 4.96. The number of halogens is 3. The molecule has 0 amide bonds. The van der Waals surface area contributed by atoms with E-state index in [0.717, 1.165) is 17.7 Å². The van der Waals surface area contributed by atoms with Crippen LogP contribution in [0, 0.1) is 5.92 Å². The normalized spacial score (nSPS) is 11.9. The van der Waals surface area contributed by atoms with Crippen molar-refractivity contribution in [3.05, 3.63) is 35.4 Å². The van der Waals surface area contributed by atoms with E-state index in [4.69, 9.17) is 0 Å². The van der Waals surface area contributed by atoms with Crippen LogP contribution in [0.25, 0.3) is 0 Å². The molecule has 0 aromatic heterocycles. The van der Waals surface area contributed by atoms with E-state index in [0.29, 0.717) is 12.8 Å². The van der Waals surface area contributed by atoms with E-state index in [1.807, 2.05) is 13.8 Å². The molecule has 0 aliphatic rings. The molecule has 0 bridgehead atoms. The number of benzene rings is 1. The summed E-state index contributed by atoms with van der Waals surface area (Å²) in [5.74, 6) is 0.106. The summed E-state index contributed by atoms with van der Waals surface area (Å²) in [6.45, 7) is 3.63. The Morgan fingerprint density at radius 1 is 1.18 bits per heavy atom. The number of rotatable bonds is 4. The van der Waals surface area contributed by atoms with Gasteiger partial charge in [0, 0.05) is 12.3 Å². The first-order valence-electron chi connectivity index (χ1n) is 5.49. The quantitative estimate of drug-likeness (QED) is 0.786. The highest BCUT2D eigenvalue weighted by atomic mass is 19.4. The topological polar surface area (TPSA) is 17.1 Å². The second kappa shape index (κ2) is 5.34. The number of ketones is 1.